The summed E-state index contributed by atoms with van der Waals surface area (Å²) in [6.45, 7) is 0. The fraction of sp³-hybridized carbons (Fsp3) is 0.0476. The zero-order valence-corrected chi connectivity index (χ0v) is 14.8. The summed E-state index contributed by atoms with van der Waals surface area (Å²) >= 11 is 1.33. The molecule has 27 heavy (non-hydrogen) atoms. The number of rotatable bonds is 5. The highest BCUT2D eigenvalue weighted by Gasteiger charge is 2.16. The van der Waals surface area contributed by atoms with Crippen LogP contribution in [0.1, 0.15) is 16.5 Å². The Morgan fingerprint density at radius 1 is 1.04 bits per heavy atom. The molecule has 0 aliphatic carbocycles. The summed E-state index contributed by atoms with van der Waals surface area (Å²) < 4.78 is 27.6. The van der Waals surface area contributed by atoms with Crippen LogP contribution in [0.2, 0.25) is 0 Å². The Labute approximate surface area is 159 Å². The second-order valence-electron chi connectivity index (χ2n) is 5.61. The van der Waals surface area contributed by atoms with E-state index in [-0.39, 0.29) is 11.4 Å². The first-order valence-electron chi connectivity index (χ1n) is 8.06. The van der Waals surface area contributed by atoms with Crippen molar-refractivity contribution in [2.45, 2.75) is 6.04 Å². The van der Waals surface area contributed by atoms with Crippen molar-refractivity contribution in [1.29, 1.82) is 5.26 Å². The van der Waals surface area contributed by atoms with E-state index in [0.29, 0.717) is 5.56 Å². The average molecular weight is 380 g/mol. The molecular weight excluding hydrogens is 366 g/mol. The molecule has 1 aromatic heterocycles. The van der Waals surface area contributed by atoms with Crippen LogP contribution in [-0.2, 0) is 4.79 Å². The molecule has 134 valence electrons. The van der Waals surface area contributed by atoms with Gasteiger partial charge in [0, 0.05) is 27.0 Å². The van der Waals surface area contributed by atoms with E-state index in [0.717, 1.165) is 9.75 Å². The van der Waals surface area contributed by atoms with Crippen LogP contribution in [0.25, 0.3) is 16.5 Å². The third-order valence-corrected chi connectivity index (χ3v) is 4.88. The third kappa shape index (κ3) is 4.46. The number of nitriles is 1. The van der Waals surface area contributed by atoms with Gasteiger partial charge in [0.1, 0.15) is 17.7 Å². The Hall–Kier alpha value is -3.30. The van der Waals surface area contributed by atoms with Gasteiger partial charge in [0.15, 0.2) is 0 Å². The van der Waals surface area contributed by atoms with Gasteiger partial charge < -0.3 is 5.32 Å². The largest absolute Gasteiger partial charge is 0.333 e. The van der Waals surface area contributed by atoms with Crippen molar-refractivity contribution in [3.05, 3.63) is 88.8 Å². The van der Waals surface area contributed by atoms with Gasteiger partial charge in [-0.3, -0.25) is 4.79 Å². The summed E-state index contributed by atoms with van der Waals surface area (Å²) in [5, 5.41) is 11.7. The SMILES string of the molecule is N#CC(NC(=O)/C=C/c1ccc(-c2ccccc2F)s1)c1ccccc1F. The van der Waals surface area contributed by atoms with Crippen molar-refractivity contribution in [3.63, 3.8) is 0 Å². The number of nitrogens with zero attached hydrogens (tertiary/aromatic N) is 1. The predicted molar refractivity (Wildman–Crippen MR) is 102 cm³/mol. The highest BCUT2D eigenvalue weighted by molar-refractivity contribution is 7.16. The van der Waals surface area contributed by atoms with Crippen molar-refractivity contribution in [1.82, 2.24) is 5.32 Å². The maximum atomic E-state index is 13.8. The highest BCUT2D eigenvalue weighted by atomic mass is 32.1. The normalized spacial score (nSPS) is 11.9. The lowest BCUT2D eigenvalue weighted by atomic mass is 10.1. The summed E-state index contributed by atoms with van der Waals surface area (Å²) in [7, 11) is 0. The van der Waals surface area contributed by atoms with Crippen LogP contribution in [0.4, 0.5) is 8.78 Å². The molecule has 0 aliphatic heterocycles. The van der Waals surface area contributed by atoms with Crippen LogP contribution in [0.5, 0.6) is 0 Å². The Balaban J connectivity index is 1.70. The Kier molecular flexibility index (Phi) is 5.74. The lowest BCUT2D eigenvalue weighted by molar-refractivity contribution is -0.116. The van der Waals surface area contributed by atoms with Crippen molar-refractivity contribution < 1.29 is 13.6 Å². The number of thiophene rings is 1. The minimum atomic E-state index is -1.08. The summed E-state index contributed by atoms with van der Waals surface area (Å²) in [6.07, 6.45) is 2.84. The molecule has 1 N–H and O–H groups in total. The van der Waals surface area contributed by atoms with E-state index in [2.05, 4.69) is 5.32 Å². The van der Waals surface area contributed by atoms with E-state index in [1.54, 1.807) is 42.5 Å². The van der Waals surface area contributed by atoms with E-state index in [1.165, 1.54) is 41.7 Å². The molecule has 0 saturated carbocycles. The number of benzene rings is 2. The fourth-order valence-corrected chi connectivity index (χ4v) is 3.42. The van der Waals surface area contributed by atoms with Crippen molar-refractivity contribution >= 4 is 23.3 Å². The molecule has 6 heteroatoms. The van der Waals surface area contributed by atoms with Gasteiger partial charge in [-0.05, 0) is 30.3 Å². The quantitative estimate of drug-likeness (QED) is 0.627. The van der Waals surface area contributed by atoms with E-state index in [4.69, 9.17) is 0 Å². The minimum Gasteiger partial charge on any atom is -0.333 e. The number of hydrogen-bond donors (Lipinski definition) is 1. The van der Waals surface area contributed by atoms with Gasteiger partial charge in [-0.25, -0.2) is 8.78 Å². The Morgan fingerprint density at radius 2 is 1.74 bits per heavy atom. The summed E-state index contributed by atoms with van der Waals surface area (Å²) in [4.78, 5) is 13.6. The van der Waals surface area contributed by atoms with Crippen LogP contribution >= 0.6 is 11.3 Å². The van der Waals surface area contributed by atoms with E-state index < -0.39 is 17.8 Å². The van der Waals surface area contributed by atoms with Crippen molar-refractivity contribution in [3.8, 4) is 16.5 Å². The minimum absolute atomic E-state index is 0.111. The smallest absolute Gasteiger partial charge is 0.245 e. The molecule has 1 amide bonds. The molecule has 1 heterocycles. The highest BCUT2D eigenvalue weighted by Crippen LogP contribution is 2.30. The maximum Gasteiger partial charge on any atom is 0.245 e. The van der Waals surface area contributed by atoms with Crippen LogP contribution in [0.3, 0.4) is 0 Å². The molecule has 0 spiro atoms. The van der Waals surface area contributed by atoms with Crippen LogP contribution in [0, 0.1) is 23.0 Å². The molecule has 0 fully saturated rings. The predicted octanol–water partition coefficient (Wildman–Crippen LogP) is 5.09. The standard InChI is InChI=1S/C21H14F2N2OS/c22-17-7-3-1-5-15(17)19(13-24)25-21(26)12-10-14-9-11-20(27-14)16-6-2-4-8-18(16)23/h1-12,19H,(H,25,26)/b12-10+. The van der Waals surface area contributed by atoms with Gasteiger partial charge in [-0.1, -0.05) is 36.4 Å². The van der Waals surface area contributed by atoms with Crippen LogP contribution < -0.4 is 5.32 Å². The van der Waals surface area contributed by atoms with Gasteiger partial charge in [0.05, 0.1) is 6.07 Å². The topological polar surface area (TPSA) is 52.9 Å². The van der Waals surface area contributed by atoms with Crippen molar-refractivity contribution in [2.24, 2.45) is 0 Å². The monoisotopic (exact) mass is 380 g/mol. The van der Waals surface area contributed by atoms with Gasteiger partial charge in [-0.2, -0.15) is 5.26 Å². The lowest BCUT2D eigenvalue weighted by Crippen LogP contribution is -2.26. The zero-order chi connectivity index (χ0) is 19.2. The molecular formula is C21H14F2N2OS. The number of halogens is 2. The molecule has 2 aromatic carbocycles. The van der Waals surface area contributed by atoms with E-state index in [9.17, 15) is 18.8 Å². The molecule has 1 atom stereocenters. The summed E-state index contributed by atoms with van der Waals surface area (Å²) in [5.74, 6) is -1.39. The Morgan fingerprint density at radius 3 is 2.44 bits per heavy atom. The second kappa shape index (κ2) is 8.39. The number of carbonyl (C=O) groups excluding carboxylic acids is 1. The first-order chi connectivity index (χ1) is 13.1. The molecule has 0 bridgehead atoms. The molecule has 0 saturated heterocycles. The van der Waals surface area contributed by atoms with E-state index in [1.807, 2.05) is 6.07 Å². The van der Waals surface area contributed by atoms with Gasteiger partial charge in [-0.15, -0.1) is 11.3 Å². The number of amides is 1. The molecule has 3 aromatic rings. The first kappa shape index (κ1) is 18.5. The molecule has 0 radical (unpaired) electrons. The molecule has 1 unspecified atom stereocenters. The fourth-order valence-electron chi connectivity index (χ4n) is 2.49. The first-order valence-corrected chi connectivity index (χ1v) is 8.87. The number of nitrogens with one attached hydrogen (secondary N) is 1. The molecule has 3 nitrogen and oxygen atoms in total. The summed E-state index contributed by atoms with van der Waals surface area (Å²) in [5.41, 5.74) is 0.607. The Bertz CT molecular complexity index is 1040. The third-order valence-electron chi connectivity index (χ3n) is 3.80. The van der Waals surface area contributed by atoms with Gasteiger partial charge in [0.25, 0.3) is 0 Å². The van der Waals surface area contributed by atoms with Crippen LogP contribution in [-0.4, -0.2) is 5.91 Å². The van der Waals surface area contributed by atoms with Gasteiger partial charge in [0.2, 0.25) is 5.91 Å². The molecule has 0 aliphatic rings. The lowest BCUT2D eigenvalue weighted by Gasteiger charge is -2.10. The maximum absolute atomic E-state index is 13.8. The van der Waals surface area contributed by atoms with Crippen LogP contribution in [0.15, 0.2) is 66.7 Å². The van der Waals surface area contributed by atoms with Crippen molar-refractivity contribution in [2.75, 3.05) is 0 Å². The number of carbonyl (C=O) groups is 1. The zero-order valence-electron chi connectivity index (χ0n) is 14.0. The number of hydrogen-bond acceptors (Lipinski definition) is 3. The van der Waals surface area contributed by atoms with Gasteiger partial charge >= 0.3 is 0 Å². The molecule has 3 rings (SSSR count). The van der Waals surface area contributed by atoms with E-state index >= 15 is 0 Å². The second-order valence-corrected chi connectivity index (χ2v) is 6.72. The summed E-state index contributed by atoms with van der Waals surface area (Å²) in [6, 6.07) is 16.6. The average Bonchev–Trinajstić information content (AvgIpc) is 3.14.